The molecular formula is C15H29NO2. The van der Waals surface area contributed by atoms with Crippen molar-refractivity contribution in [3.63, 3.8) is 0 Å². The molecule has 0 aromatic carbocycles. The smallest absolute Gasteiger partial charge is 0.220 e. The standard InChI is InChI=1S/C15H29NO2/c17-13-7-2-1-6-12-16-15(18)11-10-14-8-4-3-5-9-14/h14,17H,1-13H2,(H,16,18). The minimum Gasteiger partial charge on any atom is -0.396 e. The zero-order chi connectivity index (χ0) is 13.1. The summed E-state index contributed by atoms with van der Waals surface area (Å²) >= 11 is 0. The van der Waals surface area contributed by atoms with E-state index in [-0.39, 0.29) is 12.5 Å². The van der Waals surface area contributed by atoms with Crippen molar-refractivity contribution in [1.82, 2.24) is 5.32 Å². The average molecular weight is 255 g/mol. The average Bonchev–Trinajstić information content (AvgIpc) is 2.41. The predicted molar refractivity (Wildman–Crippen MR) is 74.4 cm³/mol. The van der Waals surface area contributed by atoms with E-state index in [1.807, 2.05) is 0 Å². The summed E-state index contributed by atoms with van der Waals surface area (Å²) in [6.45, 7) is 1.09. The fraction of sp³-hybridized carbons (Fsp3) is 0.933. The van der Waals surface area contributed by atoms with Crippen molar-refractivity contribution in [2.45, 2.75) is 70.6 Å². The summed E-state index contributed by atoms with van der Waals surface area (Å²) < 4.78 is 0. The topological polar surface area (TPSA) is 49.3 Å². The van der Waals surface area contributed by atoms with Crippen molar-refractivity contribution >= 4 is 5.91 Å². The summed E-state index contributed by atoms with van der Waals surface area (Å²) in [7, 11) is 0. The number of hydrogen-bond donors (Lipinski definition) is 2. The molecule has 1 amide bonds. The summed E-state index contributed by atoms with van der Waals surface area (Å²) in [5.41, 5.74) is 0. The number of aliphatic hydroxyl groups excluding tert-OH is 1. The summed E-state index contributed by atoms with van der Waals surface area (Å²) in [5, 5.41) is 11.6. The fourth-order valence-corrected chi connectivity index (χ4v) is 2.72. The molecule has 0 aliphatic heterocycles. The van der Waals surface area contributed by atoms with Crippen LogP contribution < -0.4 is 5.32 Å². The Hall–Kier alpha value is -0.570. The molecule has 1 aliphatic rings. The third kappa shape index (κ3) is 7.70. The van der Waals surface area contributed by atoms with Crippen LogP contribution in [0.25, 0.3) is 0 Å². The van der Waals surface area contributed by atoms with Crippen LogP contribution in [0.1, 0.15) is 70.6 Å². The first-order valence-electron chi connectivity index (χ1n) is 7.70. The van der Waals surface area contributed by atoms with Gasteiger partial charge < -0.3 is 10.4 Å². The van der Waals surface area contributed by atoms with Crippen molar-refractivity contribution in [3.05, 3.63) is 0 Å². The van der Waals surface area contributed by atoms with Crippen LogP contribution in [-0.2, 0) is 4.79 Å². The normalized spacial score (nSPS) is 16.7. The van der Waals surface area contributed by atoms with Gasteiger partial charge in [-0.15, -0.1) is 0 Å². The van der Waals surface area contributed by atoms with E-state index in [2.05, 4.69) is 5.32 Å². The monoisotopic (exact) mass is 255 g/mol. The van der Waals surface area contributed by atoms with Crippen LogP contribution in [-0.4, -0.2) is 24.2 Å². The van der Waals surface area contributed by atoms with Crippen molar-refractivity contribution in [1.29, 1.82) is 0 Å². The highest BCUT2D eigenvalue weighted by Crippen LogP contribution is 2.27. The molecule has 106 valence electrons. The van der Waals surface area contributed by atoms with E-state index in [0.29, 0.717) is 6.42 Å². The van der Waals surface area contributed by atoms with Crippen LogP contribution in [0.5, 0.6) is 0 Å². The highest BCUT2D eigenvalue weighted by atomic mass is 16.2. The van der Waals surface area contributed by atoms with Crippen molar-refractivity contribution in [2.75, 3.05) is 13.2 Å². The van der Waals surface area contributed by atoms with E-state index in [0.717, 1.165) is 44.6 Å². The lowest BCUT2D eigenvalue weighted by Crippen LogP contribution is -2.25. The molecule has 0 radical (unpaired) electrons. The molecule has 0 bridgehead atoms. The van der Waals surface area contributed by atoms with E-state index < -0.39 is 0 Å². The third-order valence-electron chi connectivity index (χ3n) is 3.91. The van der Waals surface area contributed by atoms with Crippen LogP contribution in [0.2, 0.25) is 0 Å². The second kappa shape index (κ2) is 10.4. The Morgan fingerprint density at radius 3 is 2.50 bits per heavy atom. The van der Waals surface area contributed by atoms with Gasteiger partial charge >= 0.3 is 0 Å². The highest BCUT2D eigenvalue weighted by molar-refractivity contribution is 5.75. The number of aliphatic hydroxyl groups is 1. The number of hydrogen-bond acceptors (Lipinski definition) is 2. The van der Waals surface area contributed by atoms with E-state index in [9.17, 15) is 4.79 Å². The van der Waals surface area contributed by atoms with Gasteiger partial charge in [-0.25, -0.2) is 0 Å². The number of carbonyl (C=O) groups is 1. The Balaban J connectivity index is 1.90. The molecule has 0 atom stereocenters. The van der Waals surface area contributed by atoms with Crippen LogP contribution in [0, 0.1) is 5.92 Å². The summed E-state index contributed by atoms with van der Waals surface area (Å²) in [4.78, 5) is 11.6. The summed E-state index contributed by atoms with van der Waals surface area (Å²) in [5.74, 6) is 1.02. The molecule has 3 heteroatoms. The molecule has 0 spiro atoms. The Morgan fingerprint density at radius 1 is 1.06 bits per heavy atom. The number of nitrogens with one attached hydrogen (secondary N) is 1. The zero-order valence-electron chi connectivity index (χ0n) is 11.6. The molecule has 1 rings (SSSR count). The minimum absolute atomic E-state index is 0.225. The molecule has 0 heterocycles. The second-order valence-corrected chi connectivity index (χ2v) is 5.53. The maximum absolute atomic E-state index is 11.6. The maximum atomic E-state index is 11.6. The first-order chi connectivity index (χ1) is 8.83. The lowest BCUT2D eigenvalue weighted by Gasteiger charge is -2.20. The molecular weight excluding hydrogens is 226 g/mol. The summed E-state index contributed by atoms with van der Waals surface area (Å²) in [6.07, 6.45) is 12.6. The minimum atomic E-state index is 0.225. The van der Waals surface area contributed by atoms with Crippen molar-refractivity contribution in [3.8, 4) is 0 Å². The molecule has 1 fully saturated rings. The van der Waals surface area contributed by atoms with Gasteiger partial charge in [0.05, 0.1) is 0 Å². The number of carbonyl (C=O) groups excluding carboxylic acids is 1. The zero-order valence-corrected chi connectivity index (χ0v) is 11.6. The lowest BCUT2D eigenvalue weighted by molar-refractivity contribution is -0.121. The van der Waals surface area contributed by atoms with E-state index >= 15 is 0 Å². The summed E-state index contributed by atoms with van der Waals surface area (Å²) in [6, 6.07) is 0. The molecule has 2 N–H and O–H groups in total. The van der Waals surface area contributed by atoms with E-state index in [1.165, 1.54) is 32.1 Å². The molecule has 0 saturated heterocycles. The van der Waals surface area contributed by atoms with Gasteiger partial charge in [-0.1, -0.05) is 44.9 Å². The van der Waals surface area contributed by atoms with Gasteiger partial charge in [0.1, 0.15) is 0 Å². The van der Waals surface area contributed by atoms with E-state index in [1.54, 1.807) is 0 Å². The molecule has 0 aromatic heterocycles. The second-order valence-electron chi connectivity index (χ2n) is 5.53. The van der Waals surface area contributed by atoms with E-state index in [4.69, 9.17) is 5.11 Å². The first kappa shape index (κ1) is 15.5. The Bertz CT molecular complexity index is 213. The lowest BCUT2D eigenvalue weighted by atomic mass is 9.86. The van der Waals surface area contributed by atoms with Gasteiger partial charge in [-0.2, -0.15) is 0 Å². The Morgan fingerprint density at radius 2 is 1.78 bits per heavy atom. The van der Waals surface area contributed by atoms with Gasteiger partial charge in [0, 0.05) is 19.6 Å². The van der Waals surface area contributed by atoms with Gasteiger partial charge in [0.25, 0.3) is 0 Å². The van der Waals surface area contributed by atoms with Crippen LogP contribution >= 0.6 is 0 Å². The highest BCUT2D eigenvalue weighted by Gasteiger charge is 2.14. The molecule has 1 saturated carbocycles. The fourth-order valence-electron chi connectivity index (χ4n) is 2.72. The Labute approximate surface area is 111 Å². The molecule has 1 aliphatic carbocycles. The predicted octanol–water partition coefficient (Wildman–Crippen LogP) is 3.02. The van der Waals surface area contributed by atoms with Crippen LogP contribution in [0.15, 0.2) is 0 Å². The molecule has 0 unspecified atom stereocenters. The largest absolute Gasteiger partial charge is 0.396 e. The molecule has 3 nitrogen and oxygen atoms in total. The van der Waals surface area contributed by atoms with Crippen LogP contribution in [0.4, 0.5) is 0 Å². The molecule has 18 heavy (non-hydrogen) atoms. The van der Waals surface area contributed by atoms with Gasteiger partial charge in [-0.3, -0.25) is 4.79 Å². The third-order valence-corrected chi connectivity index (χ3v) is 3.91. The Kier molecular flexibility index (Phi) is 8.92. The van der Waals surface area contributed by atoms with Gasteiger partial charge in [0.2, 0.25) is 5.91 Å². The maximum Gasteiger partial charge on any atom is 0.220 e. The first-order valence-corrected chi connectivity index (χ1v) is 7.70. The van der Waals surface area contributed by atoms with Crippen LogP contribution in [0.3, 0.4) is 0 Å². The number of rotatable bonds is 9. The SMILES string of the molecule is O=C(CCC1CCCCC1)NCCCCCCO. The van der Waals surface area contributed by atoms with Gasteiger partial charge in [-0.05, 0) is 25.2 Å². The van der Waals surface area contributed by atoms with Crippen molar-refractivity contribution in [2.24, 2.45) is 5.92 Å². The van der Waals surface area contributed by atoms with Crippen molar-refractivity contribution < 1.29 is 9.90 Å². The van der Waals surface area contributed by atoms with Gasteiger partial charge in [0.15, 0.2) is 0 Å². The number of unbranched alkanes of at least 4 members (excludes halogenated alkanes) is 3. The molecule has 0 aromatic rings. The quantitative estimate of drug-likeness (QED) is 0.622. The number of amides is 1.